The predicted molar refractivity (Wildman–Crippen MR) is 80.2 cm³/mol. The molecule has 116 valence electrons. The van der Waals surface area contributed by atoms with Gasteiger partial charge in [-0.2, -0.15) is 5.10 Å². The lowest BCUT2D eigenvalue weighted by atomic mass is 10.1. The number of halogens is 1. The number of aromatic nitrogens is 3. The molecule has 0 aliphatic heterocycles. The first-order chi connectivity index (χ1) is 11.2. The Morgan fingerprint density at radius 2 is 1.83 bits per heavy atom. The van der Waals surface area contributed by atoms with Crippen LogP contribution in [0.15, 0.2) is 54.9 Å². The summed E-state index contributed by atoms with van der Waals surface area (Å²) in [6, 6.07) is 12.7. The second-order valence-electron chi connectivity index (χ2n) is 4.91. The zero-order valence-corrected chi connectivity index (χ0v) is 12.0. The van der Waals surface area contributed by atoms with Crippen LogP contribution in [0.5, 0.6) is 0 Å². The van der Waals surface area contributed by atoms with E-state index in [-0.39, 0.29) is 5.82 Å². The Morgan fingerprint density at radius 3 is 2.48 bits per heavy atom. The van der Waals surface area contributed by atoms with E-state index in [0.717, 1.165) is 11.1 Å². The molecule has 1 amide bonds. The smallest absolute Gasteiger partial charge is 0.274 e. The van der Waals surface area contributed by atoms with Crippen LogP contribution in [0.1, 0.15) is 15.9 Å². The van der Waals surface area contributed by atoms with Gasteiger partial charge in [-0.05, 0) is 42.0 Å². The van der Waals surface area contributed by atoms with Gasteiger partial charge in [-0.25, -0.2) is 19.5 Å². The molecule has 3 aromatic rings. The van der Waals surface area contributed by atoms with Gasteiger partial charge in [0, 0.05) is 11.1 Å². The molecule has 0 aliphatic carbocycles. The number of hydrogen-bond acceptors (Lipinski definition) is 4. The number of nitrogens with zero attached hydrogens (tertiary/aromatic N) is 3. The lowest BCUT2D eigenvalue weighted by Crippen LogP contribution is -2.18. The SMILES string of the molecule is O=C(NO)c1ccc(Cn2cnc(-c3ccc(F)cc3)n2)cc1. The van der Waals surface area contributed by atoms with Crippen LogP contribution in [-0.2, 0) is 6.54 Å². The molecule has 0 bridgehead atoms. The van der Waals surface area contributed by atoms with Gasteiger partial charge < -0.3 is 0 Å². The number of hydrogen-bond donors (Lipinski definition) is 2. The molecule has 0 atom stereocenters. The van der Waals surface area contributed by atoms with Crippen molar-refractivity contribution >= 4 is 5.91 Å². The molecule has 2 N–H and O–H groups in total. The van der Waals surface area contributed by atoms with Crippen LogP contribution in [0, 0.1) is 5.82 Å². The third-order valence-corrected chi connectivity index (χ3v) is 3.30. The van der Waals surface area contributed by atoms with Gasteiger partial charge in [0.15, 0.2) is 5.82 Å². The highest BCUT2D eigenvalue weighted by atomic mass is 19.1. The molecule has 0 saturated heterocycles. The van der Waals surface area contributed by atoms with E-state index in [1.54, 1.807) is 52.9 Å². The number of nitrogens with one attached hydrogen (secondary N) is 1. The summed E-state index contributed by atoms with van der Waals surface area (Å²) in [5.41, 5.74) is 3.61. The summed E-state index contributed by atoms with van der Waals surface area (Å²) in [6.45, 7) is 0.481. The molecule has 0 unspecified atom stereocenters. The Hall–Kier alpha value is -3.06. The first kappa shape index (κ1) is 14.9. The average Bonchev–Trinajstić information content (AvgIpc) is 3.04. The maximum Gasteiger partial charge on any atom is 0.274 e. The average molecular weight is 312 g/mol. The molecule has 3 rings (SSSR count). The molecular formula is C16H13FN4O2. The fourth-order valence-electron chi connectivity index (χ4n) is 2.12. The molecule has 7 heteroatoms. The lowest BCUT2D eigenvalue weighted by molar-refractivity contribution is 0.0706. The first-order valence-electron chi connectivity index (χ1n) is 6.84. The summed E-state index contributed by atoms with van der Waals surface area (Å²) in [5, 5.41) is 12.9. The minimum absolute atomic E-state index is 0.305. The molecule has 1 aromatic heterocycles. The molecule has 2 aromatic carbocycles. The van der Waals surface area contributed by atoms with E-state index in [9.17, 15) is 9.18 Å². The highest BCUT2D eigenvalue weighted by molar-refractivity contribution is 5.93. The van der Waals surface area contributed by atoms with Crippen molar-refractivity contribution in [3.63, 3.8) is 0 Å². The van der Waals surface area contributed by atoms with Crippen molar-refractivity contribution in [3.05, 3.63) is 71.8 Å². The molecule has 0 saturated carbocycles. The van der Waals surface area contributed by atoms with Crippen molar-refractivity contribution in [2.24, 2.45) is 0 Å². The summed E-state index contributed by atoms with van der Waals surface area (Å²) >= 11 is 0. The second kappa shape index (κ2) is 6.37. The number of carbonyl (C=O) groups excluding carboxylic acids is 1. The van der Waals surface area contributed by atoms with E-state index in [1.807, 2.05) is 0 Å². The van der Waals surface area contributed by atoms with E-state index >= 15 is 0 Å². The predicted octanol–water partition coefficient (Wildman–Crippen LogP) is 2.25. The summed E-state index contributed by atoms with van der Waals surface area (Å²) in [6.07, 6.45) is 1.59. The van der Waals surface area contributed by atoms with E-state index < -0.39 is 5.91 Å². The zero-order chi connectivity index (χ0) is 16.2. The van der Waals surface area contributed by atoms with Crippen LogP contribution >= 0.6 is 0 Å². The van der Waals surface area contributed by atoms with E-state index in [0.29, 0.717) is 17.9 Å². The summed E-state index contributed by atoms with van der Waals surface area (Å²) < 4.78 is 14.6. The van der Waals surface area contributed by atoms with Crippen LogP contribution in [0.3, 0.4) is 0 Å². The van der Waals surface area contributed by atoms with Crippen LogP contribution in [0.25, 0.3) is 11.4 Å². The van der Waals surface area contributed by atoms with Gasteiger partial charge in [-0.3, -0.25) is 10.0 Å². The number of rotatable bonds is 4. The number of carbonyl (C=O) groups is 1. The third-order valence-electron chi connectivity index (χ3n) is 3.30. The summed E-state index contributed by atoms with van der Waals surface area (Å²) in [7, 11) is 0. The van der Waals surface area contributed by atoms with Gasteiger partial charge in [0.2, 0.25) is 0 Å². The van der Waals surface area contributed by atoms with Gasteiger partial charge in [0.05, 0.1) is 6.54 Å². The molecule has 0 radical (unpaired) electrons. The molecule has 0 spiro atoms. The van der Waals surface area contributed by atoms with E-state index in [4.69, 9.17) is 5.21 Å². The quantitative estimate of drug-likeness (QED) is 0.572. The highest BCUT2D eigenvalue weighted by Gasteiger charge is 2.06. The summed E-state index contributed by atoms with van der Waals surface area (Å²) in [4.78, 5) is 15.5. The highest BCUT2D eigenvalue weighted by Crippen LogP contribution is 2.15. The van der Waals surface area contributed by atoms with Crippen LogP contribution in [-0.4, -0.2) is 25.9 Å². The molecule has 6 nitrogen and oxygen atoms in total. The molecule has 0 fully saturated rings. The van der Waals surface area contributed by atoms with Crippen molar-refractivity contribution < 1.29 is 14.4 Å². The Kier molecular flexibility index (Phi) is 4.11. The van der Waals surface area contributed by atoms with Gasteiger partial charge in [-0.1, -0.05) is 12.1 Å². The minimum Gasteiger partial charge on any atom is -0.288 e. The standard InChI is InChI=1S/C16H13FN4O2/c17-14-7-5-12(6-8-14)15-18-10-21(19-15)9-11-1-3-13(4-2-11)16(22)20-23/h1-8,10,23H,9H2,(H,20,22). The van der Waals surface area contributed by atoms with Crippen molar-refractivity contribution in [3.8, 4) is 11.4 Å². The Bertz CT molecular complexity index is 813. The number of amides is 1. The van der Waals surface area contributed by atoms with Crippen LogP contribution < -0.4 is 5.48 Å². The van der Waals surface area contributed by atoms with Gasteiger partial charge in [-0.15, -0.1) is 0 Å². The van der Waals surface area contributed by atoms with Crippen LogP contribution in [0.2, 0.25) is 0 Å². The lowest BCUT2D eigenvalue weighted by Gasteiger charge is -2.03. The number of benzene rings is 2. The largest absolute Gasteiger partial charge is 0.288 e. The fraction of sp³-hybridized carbons (Fsp3) is 0.0625. The summed E-state index contributed by atoms with van der Waals surface area (Å²) in [5.74, 6) is -0.350. The van der Waals surface area contributed by atoms with Crippen molar-refractivity contribution in [1.29, 1.82) is 0 Å². The molecule has 0 aliphatic rings. The second-order valence-corrected chi connectivity index (χ2v) is 4.91. The maximum atomic E-state index is 12.9. The van der Waals surface area contributed by atoms with Gasteiger partial charge in [0.1, 0.15) is 12.1 Å². The van der Waals surface area contributed by atoms with Crippen molar-refractivity contribution in [1.82, 2.24) is 20.2 Å². The molecular weight excluding hydrogens is 299 g/mol. The topological polar surface area (TPSA) is 80.0 Å². The monoisotopic (exact) mass is 312 g/mol. The Morgan fingerprint density at radius 1 is 1.13 bits per heavy atom. The van der Waals surface area contributed by atoms with Crippen molar-refractivity contribution in [2.75, 3.05) is 0 Å². The number of hydroxylamine groups is 1. The van der Waals surface area contributed by atoms with E-state index in [2.05, 4.69) is 10.1 Å². The van der Waals surface area contributed by atoms with Crippen molar-refractivity contribution in [2.45, 2.75) is 6.54 Å². The van der Waals surface area contributed by atoms with Crippen LogP contribution in [0.4, 0.5) is 4.39 Å². The van der Waals surface area contributed by atoms with Gasteiger partial charge in [0.25, 0.3) is 5.91 Å². The fourth-order valence-corrected chi connectivity index (χ4v) is 2.12. The normalized spacial score (nSPS) is 10.5. The Balaban J connectivity index is 1.74. The van der Waals surface area contributed by atoms with Gasteiger partial charge >= 0.3 is 0 Å². The maximum absolute atomic E-state index is 12.9. The zero-order valence-electron chi connectivity index (χ0n) is 12.0. The Labute approximate surface area is 131 Å². The first-order valence-corrected chi connectivity index (χ1v) is 6.84. The minimum atomic E-state index is -0.559. The third kappa shape index (κ3) is 3.41. The van der Waals surface area contributed by atoms with E-state index in [1.165, 1.54) is 12.1 Å². The molecule has 1 heterocycles. The molecule has 23 heavy (non-hydrogen) atoms.